The second-order valence-corrected chi connectivity index (χ2v) is 7.14. The molecule has 2 heterocycles. The lowest BCUT2D eigenvalue weighted by Crippen LogP contribution is -2.42. The van der Waals surface area contributed by atoms with Crippen LogP contribution in [0.5, 0.6) is 11.5 Å². The Labute approximate surface area is 176 Å². The molecule has 0 fully saturated rings. The number of ether oxygens (including phenoxy) is 1. The largest absolute Gasteiger partial charge is 0.453 e. The molecule has 8 nitrogen and oxygen atoms in total. The number of nitriles is 1. The van der Waals surface area contributed by atoms with Crippen LogP contribution in [-0.4, -0.2) is 16.3 Å². The third-order valence-electron chi connectivity index (χ3n) is 3.96. The molecule has 0 radical (unpaired) electrons. The molecule has 0 saturated heterocycles. The maximum Gasteiger partial charge on any atom is 0.347 e. The summed E-state index contributed by atoms with van der Waals surface area (Å²) < 4.78 is 7.28. The Bertz CT molecular complexity index is 1120. The van der Waals surface area contributed by atoms with Gasteiger partial charge in [0.25, 0.3) is 5.56 Å². The van der Waals surface area contributed by atoms with E-state index in [1.807, 2.05) is 19.9 Å². The summed E-state index contributed by atoms with van der Waals surface area (Å²) in [5, 5.41) is 16.7. The van der Waals surface area contributed by atoms with Gasteiger partial charge in [-0.3, -0.25) is 4.79 Å². The van der Waals surface area contributed by atoms with Gasteiger partial charge in [0.1, 0.15) is 11.8 Å². The summed E-state index contributed by atoms with van der Waals surface area (Å²) >= 11 is 12.6. The number of aromatic nitrogens is 1. The van der Waals surface area contributed by atoms with Gasteiger partial charge in [-0.2, -0.15) is 15.4 Å². The SMILES string of the molecule is C=C1NC(=O)N(c2cc(Cl)c(Oc3ccc(=O)n(C(C)C)c3)c(Cl)c2)N=C1C#N. The molecule has 2 aromatic rings. The average Bonchev–Trinajstić information content (AvgIpc) is 2.65. The van der Waals surface area contributed by atoms with Crippen molar-refractivity contribution in [2.24, 2.45) is 5.10 Å². The molecule has 0 unspecified atom stereocenters. The Kier molecular flexibility index (Phi) is 5.64. The third kappa shape index (κ3) is 4.11. The van der Waals surface area contributed by atoms with Gasteiger partial charge in [0.2, 0.25) is 0 Å². The van der Waals surface area contributed by atoms with Crippen LogP contribution >= 0.6 is 23.2 Å². The van der Waals surface area contributed by atoms with Crippen molar-refractivity contribution in [1.82, 2.24) is 9.88 Å². The fourth-order valence-corrected chi connectivity index (χ4v) is 3.10. The van der Waals surface area contributed by atoms with Crippen LogP contribution in [0.15, 0.2) is 52.6 Å². The third-order valence-corrected chi connectivity index (χ3v) is 4.52. The molecule has 148 valence electrons. The molecule has 29 heavy (non-hydrogen) atoms. The Hall–Kier alpha value is -3.28. The lowest BCUT2D eigenvalue weighted by Gasteiger charge is -2.24. The molecular formula is C19H15Cl2N5O3. The lowest BCUT2D eigenvalue weighted by atomic mass is 10.2. The number of pyridine rings is 1. The minimum absolute atomic E-state index is 0.0480. The zero-order valence-electron chi connectivity index (χ0n) is 15.4. The van der Waals surface area contributed by atoms with E-state index in [0.717, 1.165) is 5.01 Å². The first-order valence-electron chi connectivity index (χ1n) is 8.39. The molecule has 1 aromatic carbocycles. The number of hydrazone groups is 1. The summed E-state index contributed by atoms with van der Waals surface area (Å²) in [4.78, 5) is 24.1. The van der Waals surface area contributed by atoms with Gasteiger partial charge < -0.3 is 14.6 Å². The van der Waals surface area contributed by atoms with Crippen molar-refractivity contribution >= 4 is 40.6 Å². The molecule has 1 N–H and O–H groups in total. The number of nitrogens with zero attached hydrogens (tertiary/aromatic N) is 4. The molecule has 0 atom stereocenters. The van der Waals surface area contributed by atoms with E-state index in [1.54, 1.807) is 6.20 Å². The minimum Gasteiger partial charge on any atom is -0.453 e. The van der Waals surface area contributed by atoms with Crippen molar-refractivity contribution in [3.8, 4) is 17.6 Å². The fraction of sp³-hybridized carbons (Fsp3) is 0.158. The summed E-state index contributed by atoms with van der Waals surface area (Å²) in [7, 11) is 0. The molecule has 0 spiro atoms. The molecule has 0 saturated carbocycles. The highest BCUT2D eigenvalue weighted by atomic mass is 35.5. The average molecular weight is 432 g/mol. The highest BCUT2D eigenvalue weighted by molar-refractivity contribution is 6.37. The molecule has 3 rings (SSSR count). The van der Waals surface area contributed by atoms with Gasteiger partial charge in [0.15, 0.2) is 11.5 Å². The van der Waals surface area contributed by atoms with Gasteiger partial charge in [-0.05, 0) is 32.0 Å². The van der Waals surface area contributed by atoms with Crippen LogP contribution in [0, 0.1) is 11.3 Å². The topological polar surface area (TPSA) is 99.7 Å². The second kappa shape index (κ2) is 7.99. The van der Waals surface area contributed by atoms with E-state index in [2.05, 4.69) is 17.0 Å². The number of halogens is 2. The molecule has 2 amide bonds. The van der Waals surface area contributed by atoms with E-state index >= 15 is 0 Å². The standard InChI is InChI=1S/C19H15Cl2N5O3/c1-10(2)25-9-13(4-5-17(25)27)29-18-14(20)6-12(7-15(18)21)26-19(28)23-11(3)16(8-22)24-26/h4-7,9-10H,3H2,1-2H3,(H,23,28). The number of urea groups is 1. The van der Waals surface area contributed by atoms with Gasteiger partial charge in [0, 0.05) is 12.1 Å². The molecule has 10 heteroatoms. The van der Waals surface area contributed by atoms with Gasteiger partial charge in [-0.1, -0.05) is 29.8 Å². The van der Waals surface area contributed by atoms with Crippen LogP contribution in [0.2, 0.25) is 10.0 Å². The highest BCUT2D eigenvalue weighted by Crippen LogP contribution is 2.40. The summed E-state index contributed by atoms with van der Waals surface area (Å²) in [6.07, 6.45) is 1.56. The summed E-state index contributed by atoms with van der Waals surface area (Å²) in [6.45, 7) is 7.30. The maximum absolute atomic E-state index is 12.2. The predicted molar refractivity (Wildman–Crippen MR) is 111 cm³/mol. The number of carbonyl (C=O) groups excluding carboxylic acids is 1. The molecule has 1 aromatic heterocycles. The molecule has 0 aliphatic carbocycles. The maximum atomic E-state index is 12.2. The van der Waals surface area contributed by atoms with Crippen LogP contribution < -0.4 is 20.6 Å². The number of benzene rings is 1. The number of nitrogens with one attached hydrogen (secondary N) is 1. The predicted octanol–water partition coefficient (Wildman–Crippen LogP) is 4.45. The first-order valence-corrected chi connectivity index (χ1v) is 9.15. The number of allylic oxidation sites excluding steroid dienone is 1. The molecule has 1 aliphatic heterocycles. The minimum atomic E-state index is -0.612. The van der Waals surface area contributed by atoms with Gasteiger partial charge >= 0.3 is 6.03 Å². The van der Waals surface area contributed by atoms with Crippen LogP contribution in [0.3, 0.4) is 0 Å². The molecule has 1 aliphatic rings. The van der Waals surface area contributed by atoms with Crippen molar-refractivity contribution in [2.45, 2.75) is 19.9 Å². The van der Waals surface area contributed by atoms with Crippen LogP contribution in [0.25, 0.3) is 0 Å². The molecule has 0 bridgehead atoms. The zero-order chi connectivity index (χ0) is 21.3. The van der Waals surface area contributed by atoms with E-state index in [4.69, 9.17) is 33.2 Å². The highest BCUT2D eigenvalue weighted by Gasteiger charge is 2.26. The summed E-state index contributed by atoms with van der Waals surface area (Å²) in [6, 6.07) is 6.91. The number of rotatable bonds is 4. The van der Waals surface area contributed by atoms with Crippen molar-refractivity contribution in [3.05, 3.63) is 63.1 Å². The lowest BCUT2D eigenvalue weighted by molar-refractivity contribution is 0.248. The van der Waals surface area contributed by atoms with Gasteiger partial charge in [-0.25, -0.2) is 4.79 Å². The monoisotopic (exact) mass is 431 g/mol. The van der Waals surface area contributed by atoms with E-state index < -0.39 is 6.03 Å². The van der Waals surface area contributed by atoms with Gasteiger partial charge in [0.05, 0.1) is 27.6 Å². The second-order valence-electron chi connectivity index (χ2n) is 6.33. The van der Waals surface area contributed by atoms with E-state index in [9.17, 15) is 9.59 Å². The van der Waals surface area contributed by atoms with Crippen LogP contribution in [-0.2, 0) is 0 Å². The Morgan fingerprint density at radius 1 is 1.24 bits per heavy atom. The summed E-state index contributed by atoms with van der Waals surface area (Å²) in [5.41, 5.74) is 0.125. The Balaban J connectivity index is 1.97. The Morgan fingerprint density at radius 2 is 1.90 bits per heavy atom. The quantitative estimate of drug-likeness (QED) is 0.772. The number of carbonyl (C=O) groups is 1. The van der Waals surface area contributed by atoms with Crippen LogP contribution in [0.1, 0.15) is 19.9 Å². The first-order chi connectivity index (χ1) is 13.7. The van der Waals surface area contributed by atoms with Crippen molar-refractivity contribution in [1.29, 1.82) is 5.26 Å². The Morgan fingerprint density at radius 3 is 2.48 bits per heavy atom. The number of anilines is 1. The summed E-state index contributed by atoms with van der Waals surface area (Å²) in [5.74, 6) is 0.518. The number of hydrogen-bond acceptors (Lipinski definition) is 5. The van der Waals surface area contributed by atoms with Gasteiger partial charge in [-0.15, -0.1) is 0 Å². The van der Waals surface area contributed by atoms with Crippen LogP contribution in [0.4, 0.5) is 10.5 Å². The number of hydrogen-bond donors (Lipinski definition) is 1. The smallest absolute Gasteiger partial charge is 0.347 e. The fourth-order valence-electron chi connectivity index (χ4n) is 2.54. The van der Waals surface area contributed by atoms with E-state index in [-0.39, 0.29) is 44.5 Å². The number of amides is 2. The zero-order valence-corrected chi connectivity index (χ0v) is 17.0. The normalized spacial score (nSPS) is 13.8. The van der Waals surface area contributed by atoms with Crippen molar-refractivity contribution < 1.29 is 9.53 Å². The van der Waals surface area contributed by atoms with E-state index in [1.165, 1.54) is 28.8 Å². The molecular weight excluding hydrogens is 417 g/mol. The van der Waals surface area contributed by atoms with E-state index in [0.29, 0.717) is 5.75 Å². The van der Waals surface area contributed by atoms with Crippen molar-refractivity contribution in [3.63, 3.8) is 0 Å². The van der Waals surface area contributed by atoms with Crippen molar-refractivity contribution in [2.75, 3.05) is 5.01 Å². The first kappa shape index (κ1) is 20.5.